The van der Waals surface area contributed by atoms with E-state index in [1.807, 2.05) is 46.9 Å². The zero-order valence-electron chi connectivity index (χ0n) is 13.6. The highest BCUT2D eigenvalue weighted by Crippen LogP contribution is 2.17. The van der Waals surface area contributed by atoms with E-state index in [0.29, 0.717) is 5.56 Å². The summed E-state index contributed by atoms with van der Waals surface area (Å²) in [6.45, 7) is 11.3. The summed E-state index contributed by atoms with van der Waals surface area (Å²) in [7, 11) is 0. The number of hydrogen-bond donors (Lipinski definition) is 1. The fraction of sp³-hybridized carbons (Fsp3) is 0.625. The third kappa shape index (κ3) is 5.16. The van der Waals surface area contributed by atoms with Gasteiger partial charge in [-0.15, -0.1) is 0 Å². The van der Waals surface area contributed by atoms with Crippen molar-refractivity contribution in [2.75, 3.05) is 0 Å². The van der Waals surface area contributed by atoms with Crippen LogP contribution in [-0.4, -0.2) is 23.5 Å². The molecule has 1 aromatic rings. The van der Waals surface area contributed by atoms with E-state index in [1.54, 1.807) is 5.38 Å². The van der Waals surface area contributed by atoms with Crippen molar-refractivity contribution in [1.29, 1.82) is 0 Å². The summed E-state index contributed by atoms with van der Waals surface area (Å²) in [5.74, 6) is -0.578. The van der Waals surface area contributed by atoms with Gasteiger partial charge in [-0.3, -0.25) is 4.79 Å². The monoisotopic (exact) mass is 311 g/mol. The smallest absolute Gasteiger partial charge is 0.329 e. The Morgan fingerprint density at radius 2 is 1.95 bits per heavy atom. The Balaban J connectivity index is 2.87. The van der Waals surface area contributed by atoms with Crippen molar-refractivity contribution in [2.45, 2.75) is 59.6 Å². The van der Waals surface area contributed by atoms with Gasteiger partial charge < -0.3 is 10.1 Å². The topological polar surface area (TPSA) is 55.4 Å². The maximum Gasteiger partial charge on any atom is 0.329 e. The predicted octanol–water partition coefficient (Wildman–Crippen LogP) is 3.54. The van der Waals surface area contributed by atoms with E-state index < -0.39 is 11.6 Å². The third-order valence-corrected chi connectivity index (χ3v) is 4.12. The number of thiophene rings is 1. The predicted molar refractivity (Wildman–Crippen MR) is 85.6 cm³/mol. The SMILES string of the molecule is CC[C@H](C)[C@H](NC(=O)c1cscc1C)C(=O)OC(C)(C)C. The third-order valence-electron chi connectivity index (χ3n) is 3.26. The second kappa shape index (κ2) is 7.07. The molecule has 1 rings (SSSR count). The summed E-state index contributed by atoms with van der Waals surface area (Å²) in [6, 6.07) is -0.624. The highest BCUT2D eigenvalue weighted by molar-refractivity contribution is 7.08. The first-order chi connectivity index (χ1) is 9.65. The minimum absolute atomic E-state index is 0.0164. The van der Waals surface area contributed by atoms with Crippen LogP contribution in [0, 0.1) is 12.8 Å². The van der Waals surface area contributed by atoms with Crippen LogP contribution in [0.25, 0.3) is 0 Å². The highest BCUT2D eigenvalue weighted by atomic mass is 32.1. The summed E-state index contributed by atoms with van der Waals surface area (Å²) in [5.41, 5.74) is 0.979. The summed E-state index contributed by atoms with van der Waals surface area (Å²) in [6.07, 6.45) is 0.785. The molecule has 0 saturated heterocycles. The van der Waals surface area contributed by atoms with Crippen LogP contribution in [0.4, 0.5) is 0 Å². The number of ether oxygens (including phenoxy) is 1. The van der Waals surface area contributed by atoms with Crippen LogP contribution in [-0.2, 0) is 9.53 Å². The second-order valence-corrected chi connectivity index (χ2v) is 7.08. The van der Waals surface area contributed by atoms with Crippen LogP contribution in [0.15, 0.2) is 10.8 Å². The summed E-state index contributed by atoms with van der Waals surface area (Å²) in [5, 5.41) is 6.54. The first-order valence-corrected chi connectivity index (χ1v) is 8.16. The zero-order valence-corrected chi connectivity index (χ0v) is 14.5. The van der Waals surface area contributed by atoms with E-state index in [4.69, 9.17) is 4.74 Å². The number of carbonyl (C=O) groups is 2. The molecule has 2 atom stereocenters. The molecule has 0 unspecified atom stereocenters. The molecule has 1 amide bonds. The summed E-state index contributed by atoms with van der Waals surface area (Å²) >= 11 is 1.48. The Kier molecular flexibility index (Phi) is 5.96. The van der Waals surface area contributed by atoms with Crippen molar-refractivity contribution in [3.63, 3.8) is 0 Å². The second-order valence-electron chi connectivity index (χ2n) is 6.34. The van der Waals surface area contributed by atoms with E-state index in [-0.39, 0.29) is 17.8 Å². The summed E-state index contributed by atoms with van der Waals surface area (Å²) < 4.78 is 5.42. The Morgan fingerprint density at radius 1 is 1.33 bits per heavy atom. The minimum atomic E-state index is -0.624. The van der Waals surface area contributed by atoms with Gasteiger partial charge in [0.05, 0.1) is 5.56 Å². The first-order valence-electron chi connectivity index (χ1n) is 7.22. The van der Waals surface area contributed by atoms with Crippen molar-refractivity contribution in [2.24, 2.45) is 5.92 Å². The first kappa shape index (κ1) is 17.7. The lowest BCUT2D eigenvalue weighted by Gasteiger charge is -2.27. The van der Waals surface area contributed by atoms with Gasteiger partial charge in [0.2, 0.25) is 0 Å². The van der Waals surface area contributed by atoms with Gasteiger partial charge in [-0.25, -0.2) is 4.79 Å². The van der Waals surface area contributed by atoms with E-state index in [1.165, 1.54) is 11.3 Å². The Hall–Kier alpha value is -1.36. The molecule has 0 aliphatic heterocycles. The van der Waals surface area contributed by atoms with Crippen molar-refractivity contribution < 1.29 is 14.3 Å². The lowest BCUT2D eigenvalue weighted by atomic mass is 9.98. The molecule has 1 aromatic heterocycles. The van der Waals surface area contributed by atoms with Gasteiger partial charge in [0.1, 0.15) is 11.6 Å². The quantitative estimate of drug-likeness (QED) is 0.846. The maximum absolute atomic E-state index is 12.3. The fourth-order valence-corrected chi connectivity index (χ4v) is 2.67. The Morgan fingerprint density at radius 3 is 2.38 bits per heavy atom. The highest BCUT2D eigenvalue weighted by Gasteiger charge is 2.31. The van der Waals surface area contributed by atoms with E-state index in [2.05, 4.69) is 5.32 Å². The van der Waals surface area contributed by atoms with E-state index >= 15 is 0 Å². The van der Waals surface area contributed by atoms with Crippen molar-refractivity contribution >= 4 is 23.2 Å². The molecule has 1 heterocycles. The molecule has 5 heteroatoms. The summed E-state index contributed by atoms with van der Waals surface area (Å²) in [4.78, 5) is 24.6. The number of rotatable bonds is 5. The number of amides is 1. The number of carbonyl (C=O) groups excluding carboxylic acids is 2. The standard InChI is InChI=1S/C16H25NO3S/c1-7-10(2)13(15(19)20-16(4,5)6)17-14(18)12-9-21-8-11(12)3/h8-10,13H,7H2,1-6H3,(H,17,18)/t10-,13-/m0/s1. The van der Waals surface area contributed by atoms with E-state index in [0.717, 1.165) is 12.0 Å². The normalized spacial score (nSPS) is 14.4. The van der Waals surface area contributed by atoms with Crippen molar-refractivity contribution in [3.8, 4) is 0 Å². The molecule has 0 spiro atoms. The largest absolute Gasteiger partial charge is 0.458 e. The molecule has 4 nitrogen and oxygen atoms in total. The number of hydrogen-bond acceptors (Lipinski definition) is 4. The lowest BCUT2D eigenvalue weighted by Crippen LogP contribution is -2.47. The van der Waals surface area contributed by atoms with Gasteiger partial charge in [0, 0.05) is 5.38 Å². The maximum atomic E-state index is 12.3. The molecule has 0 aliphatic carbocycles. The Labute approximate surface area is 130 Å². The molecule has 0 aliphatic rings. The average Bonchev–Trinajstić information content (AvgIpc) is 2.78. The van der Waals surface area contributed by atoms with Crippen LogP contribution in [0.2, 0.25) is 0 Å². The van der Waals surface area contributed by atoms with Gasteiger partial charge in [-0.05, 0) is 44.6 Å². The van der Waals surface area contributed by atoms with Crippen molar-refractivity contribution in [3.05, 3.63) is 21.9 Å². The average molecular weight is 311 g/mol. The molecule has 0 saturated carbocycles. The van der Waals surface area contributed by atoms with Crippen LogP contribution in [0.1, 0.15) is 57.0 Å². The zero-order chi connectivity index (χ0) is 16.2. The Bertz CT molecular complexity index is 502. The minimum Gasteiger partial charge on any atom is -0.458 e. The van der Waals surface area contributed by atoms with Gasteiger partial charge in [-0.2, -0.15) is 11.3 Å². The number of aryl methyl sites for hydroxylation is 1. The fourth-order valence-electron chi connectivity index (χ4n) is 1.85. The molecule has 118 valence electrons. The van der Waals surface area contributed by atoms with Crippen LogP contribution < -0.4 is 5.32 Å². The molecule has 1 N–H and O–H groups in total. The van der Waals surface area contributed by atoms with Crippen LogP contribution >= 0.6 is 11.3 Å². The van der Waals surface area contributed by atoms with Gasteiger partial charge in [0.15, 0.2) is 0 Å². The molecule has 0 fully saturated rings. The molecule has 0 aromatic carbocycles. The van der Waals surface area contributed by atoms with Gasteiger partial charge in [-0.1, -0.05) is 20.3 Å². The van der Waals surface area contributed by atoms with Crippen molar-refractivity contribution in [1.82, 2.24) is 5.32 Å². The molecular formula is C16H25NO3S. The van der Waals surface area contributed by atoms with Gasteiger partial charge >= 0.3 is 5.97 Å². The number of nitrogens with one attached hydrogen (secondary N) is 1. The van der Waals surface area contributed by atoms with Gasteiger partial charge in [0.25, 0.3) is 5.91 Å². The van der Waals surface area contributed by atoms with E-state index in [9.17, 15) is 9.59 Å². The molecule has 21 heavy (non-hydrogen) atoms. The molecule has 0 radical (unpaired) electrons. The van der Waals surface area contributed by atoms with Crippen LogP contribution in [0.3, 0.4) is 0 Å². The number of esters is 1. The van der Waals surface area contributed by atoms with Crippen LogP contribution in [0.5, 0.6) is 0 Å². The molecular weight excluding hydrogens is 286 g/mol. The molecule has 0 bridgehead atoms. The lowest BCUT2D eigenvalue weighted by molar-refractivity contribution is -0.158.